The zero-order valence-corrected chi connectivity index (χ0v) is 9.79. The van der Waals surface area contributed by atoms with Crippen LogP contribution in [-0.2, 0) is 6.42 Å². The zero-order chi connectivity index (χ0) is 11.1. The second kappa shape index (κ2) is 3.63. The van der Waals surface area contributed by atoms with Crippen molar-refractivity contribution >= 4 is 22.5 Å². The van der Waals surface area contributed by atoms with Gasteiger partial charge in [-0.15, -0.1) is 0 Å². The molecule has 0 fully saturated rings. The highest BCUT2D eigenvalue weighted by molar-refractivity contribution is 6.31. The molecule has 2 nitrogen and oxygen atoms in total. The molecule has 1 aliphatic rings. The van der Waals surface area contributed by atoms with E-state index in [2.05, 4.69) is 11.9 Å². The molecule has 3 rings (SSSR count). The number of pyridine rings is 1. The van der Waals surface area contributed by atoms with Crippen LogP contribution >= 0.6 is 11.6 Å². The summed E-state index contributed by atoms with van der Waals surface area (Å²) in [5, 5.41) is 1.65. The van der Waals surface area contributed by atoms with Crippen molar-refractivity contribution < 1.29 is 4.74 Å². The largest absolute Gasteiger partial charge is 0.490 e. The Balaban J connectivity index is 2.33. The van der Waals surface area contributed by atoms with E-state index in [-0.39, 0.29) is 6.10 Å². The van der Waals surface area contributed by atoms with Crippen molar-refractivity contribution in [3.05, 3.63) is 35.0 Å². The SMILES string of the molecule is CC1CCc2c(Cl)nc3ccccc3c2O1. The molecule has 0 saturated heterocycles. The molecule has 1 atom stereocenters. The molecule has 1 aromatic heterocycles. The Morgan fingerprint density at radius 3 is 3.06 bits per heavy atom. The molecular weight excluding hydrogens is 222 g/mol. The first-order chi connectivity index (χ1) is 7.75. The summed E-state index contributed by atoms with van der Waals surface area (Å²) in [5.74, 6) is 0.925. The lowest BCUT2D eigenvalue weighted by molar-refractivity contribution is 0.195. The van der Waals surface area contributed by atoms with Crippen LogP contribution in [0.15, 0.2) is 24.3 Å². The Morgan fingerprint density at radius 2 is 2.19 bits per heavy atom. The maximum absolute atomic E-state index is 6.18. The minimum Gasteiger partial charge on any atom is -0.490 e. The summed E-state index contributed by atoms with van der Waals surface area (Å²) in [6, 6.07) is 7.96. The smallest absolute Gasteiger partial charge is 0.136 e. The standard InChI is InChI=1S/C13H12ClNO/c1-8-6-7-10-12(16-8)9-4-2-3-5-11(9)15-13(10)14/h2-5,8H,6-7H2,1H3. The number of para-hydroxylation sites is 1. The monoisotopic (exact) mass is 233 g/mol. The average molecular weight is 234 g/mol. The van der Waals surface area contributed by atoms with Crippen molar-refractivity contribution in [2.45, 2.75) is 25.9 Å². The molecule has 0 radical (unpaired) electrons. The third kappa shape index (κ3) is 1.45. The van der Waals surface area contributed by atoms with E-state index in [0.29, 0.717) is 5.15 Å². The maximum atomic E-state index is 6.18. The number of hydrogen-bond acceptors (Lipinski definition) is 2. The van der Waals surface area contributed by atoms with E-state index in [1.807, 2.05) is 24.3 Å². The fourth-order valence-electron chi connectivity index (χ4n) is 2.15. The summed E-state index contributed by atoms with van der Waals surface area (Å²) < 4.78 is 5.90. The molecule has 0 saturated carbocycles. The van der Waals surface area contributed by atoms with Crippen LogP contribution in [-0.4, -0.2) is 11.1 Å². The topological polar surface area (TPSA) is 22.1 Å². The van der Waals surface area contributed by atoms with Gasteiger partial charge in [-0.3, -0.25) is 0 Å². The van der Waals surface area contributed by atoms with Crippen molar-refractivity contribution in [2.75, 3.05) is 0 Å². The molecule has 0 amide bonds. The molecule has 82 valence electrons. The van der Waals surface area contributed by atoms with Gasteiger partial charge in [0, 0.05) is 10.9 Å². The summed E-state index contributed by atoms with van der Waals surface area (Å²) >= 11 is 6.18. The summed E-state index contributed by atoms with van der Waals surface area (Å²) in [6.45, 7) is 2.09. The maximum Gasteiger partial charge on any atom is 0.136 e. The van der Waals surface area contributed by atoms with Crippen LogP contribution in [0.4, 0.5) is 0 Å². The molecule has 1 unspecified atom stereocenters. The molecule has 1 aliphatic heterocycles. The minimum atomic E-state index is 0.259. The predicted molar refractivity (Wildman–Crippen MR) is 65.2 cm³/mol. The van der Waals surface area contributed by atoms with E-state index in [0.717, 1.165) is 35.1 Å². The average Bonchev–Trinajstić information content (AvgIpc) is 2.29. The summed E-state index contributed by atoms with van der Waals surface area (Å²) in [4.78, 5) is 4.40. The molecule has 2 heterocycles. The number of nitrogens with zero attached hydrogens (tertiary/aromatic N) is 1. The van der Waals surface area contributed by atoms with Crippen LogP contribution in [0.3, 0.4) is 0 Å². The fourth-order valence-corrected chi connectivity index (χ4v) is 2.42. The van der Waals surface area contributed by atoms with Gasteiger partial charge in [-0.2, -0.15) is 0 Å². The molecule has 16 heavy (non-hydrogen) atoms. The van der Waals surface area contributed by atoms with Gasteiger partial charge in [0.2, 0.25) is 0 Å². The second-order valence-electron chi connectivity index (χ2n) is 4.19. The number of rotatable bonds is 0. The Hall–Kier alpha value is -1.28. The van der Waals surface area contributed by atoms with Crippen molar-refractivity contribution in [1.29, 1.82) is 0 Å². The Morgan fingerprint density at radius 1 is 1.38 bits per heavy atom. The Bertz CT molecular complexity index is 553. The van der Waals surface area contributed by atoms with Gasteiger partial charge in [0.25, 0.3) is 0 Å². The highest BCUT2D eigenvalue weighted by Crippen LogP contribution is 2.37. The van der Waals surface area contributed by atoms with Crippen molar-refractivity contribution in [3.8, 4) is 5.75 Å². The van der Waals surface area contributed by atoms with Gasteiger partial charge >= 0.3 is 0 Å². The normalized spacial score (nSPS) is 19.2. The number of fused-ring (bicyclic) bond motifs is 3. The highest BCUT2D eigenvalue weighted by atomic mass is 35.5. The van der Waals surface area contributed by atoms with Gasteiger partial charge in [0.05, 0.1) is 11.6 Å². The van der Waals surface area contributed by atoms with Gasteiger partial charge in [-0.1, -0.05) is 23.7 Å². The molecule has 0 spiro atoms. The van der Waals surface area contributed by atoms with Crippen LogP contribution in [0.2, 0.25) is 5.15 Å². The van der Waals surface area contributed by atoms with E-state index in [4.69, 9.17) is 16.3 Å². The third-order valence-corrected chi connectivity index (χ3v) is 3.32. The van der Waals surface area contributed by atoms with Crippen LogP contribution in [0.1, 0.15) is 18.9 Å². The molecule has 2 aromatic rings. The Kier molecular flexibility index (Phi) is 2.25. The first-order valence-corrected chi connectivity index (χ1v) is 5.87. The number of benzene rings is 1. The van der Waals surface area contributed by atoms with Gasteiger partial charge in [-0.25, -0.2) is 4.98 Å². The lowest BCUT2D eigenvalue weighted by Gasteiger charge is -2.24. The van der Waals surface area contributed by atoms with Gasteiger partial charge in [-0.05, 0) is 31.9 Å². The highest BCUT2D eigenvalue weighted by Gasteiger charge is 2.22. The molecule has 3 heteroatoms. The van der Waals surface area contributed by atoms with E-state index in [1.165, 1.54) is 0 Å². The third-order valence-electron chi connectivity index (χ3n) is 3.01. The van der Waals surface area contributed by atoms with Crippen LogP contribution in [0.5, 0.6) is 5.75 Å². The zero-order valence-electron chi connectivity index (χ0n) is 9.03. The number of ether oxygens (including phenoxy) is 1. The van der Waals surface area contributed by atoms with Gasteiger partial charge in [0.15, 0.2) is 0 Å². The summed E-state index contributed by atoms with van der Waals surface area (Å²) in [5.41, 5.74) is 1.96. The molecule has 1 aromatic carbocycles. The minimum absolute atomic E-state index is 0.259. The first kappa shape index (κ1) is 9.91. The predicted octanol–water partition coefficient (Wildman–Crippen LogP) is 3.60. The first-order valence-electron chi connectivity index (χ1n) is 5.49. The van der Waals surface area contributed by atoms with Gasteiger partial charge < -0.3 is 4.74 Å². The van der Waals surface area contributed by atoms with E-state index < -0.39 is 0 Å². The number of halogens is 1. The van der Waals surface area contributed by atoms with Crippen LogP contribution < -0.4 is 4.74 Å². The fraction of sp³-hybridized carbons (Fsp3) is 0.308. The molecule has 0 aliphatic carbocycles. The Labute approximate surface area is 99.2 Å². The van der Waals surface area contributed by atoms with Crippen LogP contribution in [0.25, 0.3) is 10.9 Å². The van der Waals surface area contributed by atoms with Crippen molar-refractivity contribution in [2.24, 2.45) is 0 Å². The second-order valence-corrected chi connectivity index (χ2v) is 4.55. The van der Waals surface area contributed by atoms with Crippen molar-refractivity contribution in [1.82, 2.24) is 4.98 Å². The summed E-state index contributed by atoms with van der Waals surface area (Å²) in [6.07, 6.45) is 2.22. The van der Waals surface area contributed by atoms with E-state index in [9.17, 15) is 0 Å². The number of hydrogen-bond donors (Lipinski definition) is 0. The quantitative estimate of drug-likeness (QED) is 0.649. The summed E-state index contributed by atoms with van der Waals surface area (Å²) in [7, 11) is 0. The van der Waals surface area contributed by atoms with Crippen molar-refractivity contribution in [3.63, 3.8) is 0 Å². The van der Waals surface area contributed by atoms with E-state index >= 15 is 0 Å². The lowest BCUT2D eigenvalue weighted by Crippen LogP contribution is -2.19. The molecule has 0 N–H and O–H groups in total. The van der Waals surface area contributed by atoms with Crippen LogP contribution in [0, 0.1) is 0 Å². The van der Waals surface area contributed by atoms with Gasteiger partial charge in [0.1, 0.15) is 10.9 Å². The molecule has 0 bridgehead atoms. The van der Waals surface area contributed by atoms with E-state index in [1.54, 1.807) is 0 Å². The number of aromatic nitrogens is 1. The molecular formula is C13H12ClNO. The lowest BCUT2D eigenvalue weighted by atomic mass is 10.0.